The van der Waals surface area contributed by atoms with E-state index >= 15 is 0 Å². The minimum atomic E-state index is -5.13. The topological polar surface area (TPSA) is 28.7 Å². The Kier molecular flexibility index (Phi) is 3.03. The molecule has 2 aromatic heterocycles. The van der Waals surface area contributed by atoms with Gasteiger partial charge in [-0.05, 0) is 12.1 Å². The van der Waals surface area contributed by atoms with E-state index in [1.807, 2.05) is 4.98 Å². The number of nitrogens with one attached hydrogen (secondary N) is 1. The number of alkyl halides is 6. The Labute approximate surface area is 103 Å². The molecule has 8 heteroatoms. The molecule has 0 aromatic carbocycles. The number of rotatable bonds is 1. The summed E-state index contributed by atoms with van der Waals surface area (Å²) in [6.45, 7) is 0. The van der Waals surface area contributed by atoms with Crippen LogP contribution in [0.5, 0.6) is 0 Å². The molecule has 19 heavy (non-hydrogen) atoms. The highest BCUT2D eigenvalue weighted by Gasteiger charge is 2.46. The monoisotopic (exact) mass is 280 g/mol. The van der Waals surface area contributed by atoms with Gasteiger partial charge in [-0.2, -0.15) is 26.3 Å². The largest absolute Gasteiger partial charge is 0.419 e. The second kappa shape index (κ2) is 4.29. The average molecular weight is 280 g/mol. The van der Waals surface area contributed by atoms with Crippen LogP contribution in [0.3, 0.4) is 0 Å². The van der Waals surface area contributed by atoms with Crippen molar-refractivity contribution in [2.24, 2.45) is 0 Å². The zero-order valence-corrected chi connectivity index (χ0v) is 9.10. The van der Waals surface area contributed by atoms with Gasteiger partial charge in [0.1, 0.15) is 0 Å². The summed E-state index contributed by atoms with van der Waals surface area (Å²) >= 11 is 0. The molecule has 0 aliphatic rings. The average Bonchev–Trinajstić information content (AvgIpc) is 2.74. The Morgan fingerprint density at radius 3 is 2.11 bits per heavy atom. The second-order valence-electron chi connectivity index (χ2n) is 3.66. The number of halogens is 6. The van der Waals surface area contributed by atoms with Gasteiger partial charge in [0.15, 0.2) is 0 Å². The summed E-state index contributed by atoms with van der Waals surface area (Å²) in [7, 11) is 0. The lowest BCUT2D eigenvalue weighted by atomic mass is 10.1. The molecule has 0 radical (unpaired) electrons. The molecule has 0 amide bonds. The van der Waals surface area contributed by atoms with E-state index in [1.54, 1.807) is 0 Å². The van der Waals surface area contributed by atoms with Crippen LogP contribution in [0, 0.1) is 0 Å². The van der Waals surface area contributed by atoms with Crippen molar-refractivity contribution in [2.75, 3.05) is 0 Å². The van der Waals surface area contributed by atoms with E-state index in [0.717, 1.165) is 0 Å². The number of hydrogen-bond donors (Lipinski definition) is 1. The van der Waals surface area contributed by atoms with Gasteiger partial charge in [-0.1, -0.05) is 6.07 Å². The lowest BCUT2D eigenvalue weighted by Crippen LogP contribution is -2.15. The molecule has 0 saturated carbocycles. The van der Waals surface area contributed by atoms with Gasteiger partial charge in [-0.3, -0.25) is 4.98 Å². The lowest BCUT2D eigenvalue weighted by Gasteiger charge is -2.12. The van der Waals surface area contributed by atoms with Crippen LogP contribution in [0.2, 0.25) is 0 Å². The Morgan fingerprint density at radius 1 is 0.947 bits per heavy atom. The van der Waals surface area contributed by atoms with E-state index in [0.29, 0.717) is 6.20 Å². The standard InChI is InChI=1S/C11H6F6N2/c12-10(13,14)6-5-19-9(8(6)11(15,16)17)7-3-1-2-4-18-7/h1-5,19H. The third-order valence-electron chi connectivity index (χ3n) is 2.39. The maximum absolute atomic E-state index is 12.8. The smallest absolute Gasteiger partial charge is 0.359 e. The van der Waals surface area contributed by atoms with E-state index in [1.165, 1.54) is 24.4 Å². The predicted octanol–water partition coefficient (Wildman–Crippen LogP) is 4.11. The maximum Gasteiger partial charge on any atom is 0.419 e. The van der Waals surface area contributed by atoms with Crippen molar-refractivity contribution in [1.82, 2.24) is 9.97 Å². The first-order valence-electron chi connectivity index (χ1n) is 4.98. The quantitative estimate of drug-likeness (QED) is 0.782. The van der Waals surface area contributed by atoms with E-state index in [4.69, 9.17) is 0 Å². The van der Waals surface area contributed by atoms with Gasteiger partial charge >= 0.3 is 12.4 Å². The highest BCUT2D eigenvalue weighted by Crippen LogP contribution is 2.44. The van der Waals surface area contributed by atoms with Crippen molar-refractivity contribution in [3.63, 3.8) is 0 Å². The molecule has 0 bridgehead atoms. The Bertz CT molecular complexity index is 567. The molecule has 2 aromatic rings. The van der Waals surface area contributed by atoms with Crippen LogP contribution in [-0.2, 0) is 12.4 Å². The first-order chi connectivity index (χ1) is 8.71. The molecule has 0 spiro atoms. The lowest BCUT2D eigenvalue weighted by molar-refractivity contribution is -0.161. The van der Waals surface area contributed by atoms with Gasteiger partial charge in [-0.25, -0.2) is 0 Å². The van der Waals surface area contributed by atoms with Crippen LogP contribution in [0.4, 0.5) is 26.3 Å². The van der Waals surface area contributed by atoms with E-state index in [9.17, 15) is 26.3 Å². The fourth-order valence-corrected chi connectivity index (χ4v) is 1.65. The van der Waals surface area contributed by atoms with E-state index in [-0.39, 0.29) is 5.69 Å². The summed E-state index contributed by atoms with van der Waals surface area (Å²) in [5, 5.41) is 0. The third-order valence-corrected chi connectivity index (χ3v) is 2.39. The second-order valence-corrected chi connectivity index (χ2v) is 3.66. The molecule has 2 rings (SSSR count). The van der Waals surface area contributed by atoms with Crippen molar-refractivity contribution in [3.05, 3.63) is 41.7 Å². The fraction of sp³-hybridized carbons (Fsp3) is 0.182. The Hall–Kier alpha value is -1.99. The normalized spacial score (nSPS) is 12.7. The minimum Gasteiger partial charge on any atom is -0.359 e. The number of nitrogens with zero attached hydrogens (tertiary/aromatic N) is 1. The molecule has 2 heterocycles. The van der Waals surface area contributed by atoms with E-state index in [2.05, 4.69) is 4.98 Å². The van der Waals surface area contributed by atoms with E-state index < -0.39 is 29.2 Å². The summed E-state index contributed by atoms with van der Waals surface area (Å²) in [4.78, 5) is 5.62. The summed E-state index contributed by atoms with van der Waals surface area (Å²) in [6, 6.07) is 4.03. The molecule has 0 saturated heterocycles. The van der Waals surface area contributed by atoms with Gasteiger partial charge in [0, 0.05) is 12.4 Å². The molecular weight excluding hydrogens is 274 g/mol. The molecule has 0 aliphatic heterocycles. The van der Waals surface area contributed by atoms with Crippen LogP contribution in [-0.4, -0.2) is 9.97 Å². The van der Waals surface area contributed by atoms with Crippen LogP contribution in [0.15, 0.2) is 30.6 Å². The van der Waals surface area contributed by atoms with Crippen molar-refractivity contribution in [2.45, 2.75) is 12.4 Å². The third kappa shape index (κ3) is 2.56. The molecule has 102 valence electrons. The Balaban J connectivity index is 2.68. The predicted molar refractivity (Wildman–Crippen MR) is 54.0 cm³/mol. The van der Waals surface area contributed by atoms with Gasteiger partial charge < -0.3 is 4.98 Å². The van der Waals surface area contributed by atoms with Crippen molar-refractivity contribution < 1.29 is 26.3 Å². The van der Waals surface area contributed by atoms with Crippen LogP contribution >= 0.6 is 0 Å². The molecule has 0 atom stereocenters. The Morgan fingerprint density at radius 2 is 1.63 bits per heavy atom. The van der Waals surface area contributed by atoms with Crippen LogP contribution in [0.1, 0.15) is 11.1 Å². The molecule has 1 N–H and O–H groups in total. The number of H-pyrrole nitrogens is 1. The highest BCUT2D eigenvalue weighted by molar-refractivity contribution is 5.63. The molecule has 0 fully saturated rings. The summed E-state index contributed by atoms with van der Waals surface area (Å²) in [5.41, 5.74) is -4.40. The van der Waals surface area contributed by atoms with Crippen LogP contribution < -0.4 is 0 Å². The van der Waals surface area contributed by atoms with Crippen molar-refractivity contribution >= 4 is 0 Å². The van der Waals surface area contributed by atoms with Crippen molar-refractivity contribution in [1.29, 1.82) is 0 Å². The fourth-order valence-electron chi connectivity index (χ4n) is 1.65. The summed E-state index contributed by atoms with van der Waals surface area (Å²) in [5.74, 6) is 0. The number of aromatic amines is 1. The number of hydrogen-bond acceptors (Lipinski definition) is 1. The highest BCUT2D eigenvalue weighted by atomic mass is 19.4. The minimum absolute atomic E-state index is 0.203. The first kappa shape index (κ1) is 13.4. The van der Waals surface area contributed by atoms with Gasteiger partial charge in [0.05, 0.1) is 22.5 Å². The van der Waals surface area contributed by atoms with Crippen LogP contribution in [0.25, 0.3) is 11.4 Å². The number of pyridine rings is 1. The van der Waals surface area contributed by atoms with Crippen molar-refractivity contribution in [3.8, 4) is 11.4 Å². The molecule has 2 nitrogen and oxygen atoms in total. The molecule has 0 unspecified atom stereocenters. The number of aromatic nitrogens is 2. The first-order valence-corrected chi connectivity index (χ1v) is 4.98. The zero-order chi connectivity index (χ0) is 14.3. The van der Waals surface area contributed by atoms with Gasteiger partial charge in [0.2, 0.25) is 0 Å². The summed E-state index contributed by atoms with van der Waals surface area (Å²) in [6.07, 6.45) is -8.72. The van der Waals surface area contributed by atoms with Gasteiger partial charge in [-0.15, -0.1) is 0 Å². The zero-order valence-electron chi connectivity index (χ0n) is 9.10. The van der Waals surface area contributed by atoms with Gasteiger partial charge in [0.25, 0.3) is 0 Å². The molecular formula is C11H6F6N2. The maximum atomic E-state index is 12.8. The molecule has 0 aliphatic carbocycles. The SMILES string of the molecule is FC(F)(F)c1c[nH]c(-c2ccccn2)c1C(F)(F)F. The summed E-state index contributed by atoms with van der Waals surface area (Å²) < 4.78 is 76.1.